The Kier molecular flexibility index (Phi) is 17.5. The number of hydrogen-bond acceptors (Lipinski definition) is 6. The molecule has 228 valence electrons. The normalized spacial score (nSPS) is 15.1. The summed E-state index contributed by atoms with van der Waals surface area (Å²) in [6.45, 7) is 19.7. The molecule has 1 aliphatic heterocycles. The van der Waals surface area contributed by atoms with Gasteiger partial charge in [-0.05, 0) is 38.7 Å². The molecular formula is C33H52N4O3S. The molecule has 0 saturated carbocycles. The summed E-state index contributed by atoms with van der Waals surface area (Å²) in [6, 6.07) is 0. The number of carbonyl (C=O) groups is 2. The van der Waals surface area contributed by atoms with E-state index in [4.69, 9.17) is 5.73 Å². The van der Waals surface area contributed by atoms with Crippen LogP contribution in [0.15, 0.2) is 62.5 Å². The fourth-order valence-electron chi connectivity index (χ4n) is 3.38. The van der Waals surface area contributed by atoms with Crippen molar-refractivity contribution in [1.29, 1.82) is 0 Å². The zero-order chi connectivity index (χ0) is 31.8. The zero-order valence-electron chi connectivity index (χ0n) is 27.1. The number of nitrogens with zero attached hydrogens (tertiary/aromatic N) is 3. The van der Waals surface area contributed by atoms with E-state index >= 15 is 0 Å². The monoisotopic (exact) mass is 584 g/mol. The average molecular weight is 585 g/mol. The summed E-state index contributed by atoms with van der Waals surface area (Å²) in [4.78, 5) is 35.1. The Balaban J connectivity index is 0.000000740. The average Bonchev–Trinajstić information content (AvgIpc) is 3.30. The first-order valence-electron chi connectivity index (χ1n) is 14.4. The molecule has 0 unspecified atom stereocenters. The van der Waals surface area contributed by atoms with E-state index in [1.165, 1.54) is 22.9 Å². The molecule has 1 aromatic heterocycles. The van der Waals surface area contributed by atoms with Crippen molar-refractivity contribution in [1.82, 2.24) is 4.90 Å². The molecule has 0 aliphatic carbocycles. The number of ketones is 1. The van der Waals surface area contributed by atoms with Crippen LogP contribution in [-0.2, 0) is 17.6 Å². The Morgan fingerprint density at radius 3 is 2.20 bits per heavy atom. The lowest BCUT2D eigenvalue weighted by Gasteiger charge is -2.19. The fourth-order valence-corrected chi connectivity index (χ4v) is 4.40. The van der Waals surface area contributed by atoms with Crippen LogP contribution in [0.3, 0.4) is 0 Å². The molecule has 1 aromatic rings. The van der Waals surface area contributed by atoms with Gasteiger partial charge in [-0.15, -0.1) is 11.3 Å². The van der Waals surface area contributed by atoms with E-state index in [1.807, 2.05) is 57.3 Å². The molecule has 3 N–H and O–H groups in total. The Morgan fingerprint density at radius 1 is 1.12 bits per heavy atom. The number of allylic oxidation sites excluding steroid dienone is 5. The topological polar surface area (TPSA) is 108 Å². The predicted octanol–water partition coefficient (Wildman–Crippen LogP) is 8.34. The minimum absolute atomic E-state index is 0.0316. The van der Waals surface area contributed by atoms with Crippen molar-refractivity contribution >= 4 is 35.1 Å². The first-order chi connectivity index (χ1) is 19.2. The van der Waals surface area contributed by atoms with Crippen molar-refractivity contribution in [2.75, 3.05) is 7.05 Å². The van der Waals surface area contributed by atoms with Gasteiger partial charge in [-0.3, -0.25) is 14.6 Å². The second-order valence-corrected chi connectivity index (χ2v) is 11.8. The van der Waals surface area contributed by atoms with Gasteiger partial charge in [0.2, 0.25) is 0 Å². The van der Waals surface area contributed by atoms with Gasteiger partial charge in [0.25, 0.3) is 5.91 Å². The number of amidine groups is 1. The molecule has 0 aromatic carbocycles. The second-order valence-electron chi connectivity index (χ2n) is 10.9. The SMILES string of the molecule is CCC.CCC(C)=C/C(C(C)=O)=C1/C=NC=CN1C.CCCc1c(C(=O)N=C(N)/C=C(\O)C(C)(C)C)csc1CC. The van der Waals surface area contributed by atoms with Crippen molar-refractivity contribution < 1.29 is 14.7 Å². The number of carbonyl (C=O) groups excluding carboxylic acids is 2. The van der Waals surface area contributed by atoms with Crippen molar-refractivity contribution in [2.24, 2.45) is 21.1 Å². The van der Waals surface area contributed by atoms with Gasteiger partial charge in [-0.1, -0.05) is 79.9 Å². The highest BCUT2D eigenvalue weighted by Gasteiger charge is 2.18. The third-order valence-electron chi connectivity index (χ3n) is 5.87. The van der Waals surface area contributed by atoms with Crippen LogP contribution in [0.1, 0.15) is 109 Å². The van der Waals surface area contributed by atoms with E-state index in [9.17, 15) is 14.7 Å². The van der Waals surface area contributed by atoms with Gasteiger partial charge in [0.05, 0.1) is 17.5 Å². The molecule has 0 saturated heterocycles. The van der Waals surface area contributed by atoms with Crippen LogP contribution in [0.5, 0.6) is 0 Å². The first-order valence-corrected chi connectivity index (χ1v) is 15.3. The lowest BCUT2D eigenvalue weighted by molar-refractivity contribution is -0.113. The summed E-state index contributed by atoms with van der Waals surface area (Å²) in [5, 5.41) is 11.8. The summed E-state index contributed by atoms with van der Waals surface area (Å²) >= 11 is 1.59. The highest BCUT2D eigenvalue weighted by atomic mass is 32.1. The number of nitrogens with two attached hydrogens (primary N) is 1. The third kappa shape index (κ3) is 13.3. The molecule has 8 heteroatoms. The summed E-state index contributed by atoms with van der Waals surface area (Å²) < 4.78 is 0. The molecule has 1 amide bonds. The second kappa shape index (κ2) is 19.0. The van der Waals surface area contributed by atoms with Crippen molar-refractivity contribution in [3.8, 4) is 0 Å². The van der Waals surface area contributed by atoms with Crippen LogP contribution < -0.4 is 5.73 Å². The quantitative estimate of drug-likeness (QED) is 0.138. The number of aryl methyl sites for hydroxylation is 1. The lowest BCUT2D eigenvalue weighted by atomic mass is 9.93. The van der Waals surface area contributed by atoms with E-state index in [0.29, 0.717) is 5.56 Å². The molecule has 7 nitrogen and oxygen atoms in total. The fraction of sp³-hybridized carbons (Fsp3) is 0.515. The number of hydrogen-bond donors (Lipinski definition) is 2. The summed E-state index contributed by atoms with van der Waals surface area (Å²) in [7, 11) is 1.91. The minimum atomic E-state index is -0.422. The molecule has 0 atom stereocenters. The lowest BCUT2D eigenvalue weighted by Crippen LogP contribution is -2.18. The molecule has 0 bridgehead atoms. The molecule has 2 heterocycles. The first kappa shape index (κ1) is 37.7. The predicted molar refractivity (Wildman–Crippen MR) is 177 cm³/mol. The Bertz CT molecular complexity index is 1190. The maximum atomic E-state index is 12.3. The van der Waals surface area contributed by atoms with E-state index in [-0.39, 0.29) is 23.3 Å². The molecule has 41 heavy (non-hydrogen) atoms. The maximum Gasteiger partial charge on any atom is 0.280 e. The van der Waals surface area contributed by atoms with Gasteiger partial charge in [0.15, 0.2) is 5.78 Å². The van der Waals surface area contributed by atoms with Gasteiger partial charge in [-0.2, -0.15) is 4.99 Å². The number of Topliss-reactive ketones (excluding diaryl/α,β-unsaturated/α-hetero) is 1. The van der Waals surface area contributed by atoms with E-state index in [1.54, 1.807) is 30.7 Å². The molecule has 1 aliphatic rings. The maximum absolute atomic E-state index is 12.3. The summed E-state index contributed by atoms with van der Waals surface area (Å²) in [6.07, 6.45) is 13.5. The highest BCUT2D eigenvalue weighted by molar-refractivity contribution is 7.10. The zero-order valence-corrected chi connectivity index (χ0v) is 27.9. The molecule has 0 spiro atoms. The smallest absolute Gasteiger partial charge is 0.280 e. The summed E-state index contributed by atoms with van der Waals surface area (Å²) in [5.41, 5.74) is 9.82. The summed E-state index contributed by atoms with van der Waals surface area (Å²) in [5.74, 6) is -0.134. The standard InChI is InChI=1S/C17H26N2O2S.C13H18N2O.C3H8/c1-6-8-11-12(10-22-13(11)7-2)16(21)19-15(18)9-14(20)17(3,4)5;1-5-10(2)8-12(11(3)16)13-9-14-6-7-15(13)4;1-3-2/h9-10,20H,6-8H2,1-5H3,(H2,18,19,21);6-9H,5H2,1-4H3;3H2,1-2H3/b14-9-;10-8?,13-12+;. The highest BCUT2D eigenvalue weighted by Crippen LogP contribution is 2.26. The van der Waals surface area contributed by atoms with Crippen molar-refractivity contribution in [3.63, 3.8) is 0 Å². The van der Waals surface area contributed by atoms with Gasteiger partial charge < -0.3 is 15.7 Å². The van der Waals surface area contributed by atoms with Crippen LogP contribution in [0, 0.1) is 5.41 Å². The Hall–Kier alpha value is -3.26. The van der Waals surface area contributed by atoms with Gasteiger partial charge in [0.1, 0.15) is 11.6 Å². The van der Waals surface area contributed by atoms with Crippen LogP contribution >= 0.6 is 11.3 Å². The largest absolute Gasteiger partial charge is 0.512 e. The van der Waals surface area contributed by atoms with Crippen molar-refractivity contribution in [3.05, 3.63) is 68.5 Å². The Labute approximate surface area is 252 Å². The molecule has 0 fully saturated rings. The number of thiophene rings is 1. The van der Waals surface area contributed by atoms with E-state index < -0.39 is 5.41 Å². The number of aliphatic hydroxyl groups is 1. The van der Waals surface area contributed by atoms with Gasteiger partial charge >= 0.3 is 0 Å². The van der Waals surface area contributed by atoms with Crippen molar-refractivity contribution in [2.45, 2.75) is 101 Å². The minimum Gasteiger partial charge on any atom is -0.512 e. The molecule has 2 rings (SSSR count). The number of aliphatic hydroxyl groups excluding tert-OH is 1. The van der Waals surface area contributed by atoms with E-state index in [2.05, 4.69) is 44.6 Å². The third-order valence-corrected chi connectivity index (χ3v) is 7.05. The van der Waals surface area contributed by atoms with Gasteiger partial charge in [-0.25, -0.2) is 0 Å². The molecular weight excluding hydrogens is 532 g/mol. The Morgan fingerprint density at radius 2 is 1.73 bits per heavy atom. The van der Waals surface area contributed by atoms with Crippen LogP contribution in [0.25, 0.3) is 0 Å². The number of amides is 1. The van der Waals surface area contributed by atoms with Gasteiger partial charge in [0, 0.05) is 46.8 Å². The van der Waals surface area contributed by atoms with Crippen LogP contribution in [0.4, 0.5) is 0 Å². The van der Waals surface area contributed by atoms with Crippen LogP contribution in [0.2, 0.25) is 0 Å². The van der Waals surface area contributed by atoms with E-state index in [0.717, 1.165) is 42.5 Å². The number of rotatable bonds is 8. The van der Waals surface area contributed by atoms with Crippen LogP contribution in [-0.4, -0.2) is 40.8 Å². The number of aliphatic imine (C=N–C) groups is 2. The molecule has 0 radical (unpaired) electrons.